The molecule has 0 fully saturated rings. The van der Waals surface area contributed by atoms with Gasteiger partial charge in [0.15, 0.2) is 0 Å². The van der Waals surface area contributed by atoms with Crippen molar-refractivity contribution in [2.75, 3.05) is 12.3 Å². The summed E-state index contributed by atoms with van der Waals surface area (Å²) in [4.78, 5) is 0. The Morgan fingerprint density at radius 3 is 2.82 bits per heavy atom. The molecule has 0 aliphatic heterocycles. The van der Waals surface area contributed by atoms with Gasteiger partial charge in [-0.2, -0.15) is 0 Å². The minimum absolute atomic E-state index is 0.789. The van der Waals surface area contributed by atoms with Gasteiger partial charge in [-0.3, -0.25) is 0 Å². The zero-order valence-electron chi connectivity index (χ0n) is 10.3. The summed E-state index contributed by atoms with van der Waals surface area (Å²) in [7, 11) is 0. The van der Waals surface area contributed by atoms with Gasteiger partial charge in [-0.25, -0.2) is 0 Å². The molecule has 0 bridgehead atoms. The van der Waals surface area contributed by atoms with Crippen LogP contribution in [0.3, 0.4) is 0 Å². The summed E-state index contributed by atoms with van der Waals surface area (Å²) in [6.45, 7) is 2.98. The molecule has 2 rings (SSSR count). The topological polar surface area (TPSA) is 35.2 Å². The Hall–Kier alpha value is -1.70. The minimum Gasteiger partial charge on any atom is -0.493 e. The Morgan fingerprint density at radius 1 is 1.12 bits per heavy atom. The molecule has 2 nitrogen and oxygen atoms in total. The van der Waals surface area contributed by atoms with Crippen LogP contribution in [0.25, 0.3) is 10.8 Å². The molecule has 2 aromatic rings. The van der Waals surface area contributed by atoms with E-state index in [1.807, 2.05) is 30.3 Å². The normalized spacial score (nSPS) is 10.6. The molecule has 0 aromatic heterocycles. The lowest BCUT2D eigenvalue weighted by molar-refractivity contribution is 0.310. The first-order valence-corrected chi connectivity index (χ1v) is 6.22. The summed E-state index contributed by atoms with van der Waals surface area (Å²) in [6.07, 6.45) is 3.55. The predicted octanol–water partition coefficient (Wildman–Crippen LogP) is 3.99. The van der Waals surface area contributed by atoms with E-state index < -0.39 is 0 Å². The monoisotopic (exact) mass is 229 g/mol. The van der Waals surface area contributed by atoms with Gasteiger partial charge in [0.1, 0.15) is 5.75 Å². The molecule has 2 N–H and O–H groups in total. The van der Waals surface area contributed by atoms with Crippen molar-refractivity contribution < 1.29 is 4.74 Å². The molecule has 2 heteroatoms. The lowest BCUT2D eigenvalue weighted by Crippen LogP contribution is -1.97. The largest absolute Gasteiger partial charge is 0.493 e. The number of fused-ring (bicyclic) bond motifs is 1. The Bertz CT molecular complexity index is 493. The molecule has 0 aliphatic rings. The molecule has 17 heavy (non-hydrogen) atoms. The van der Waals surface area contributed by atoms with E-state index in [1.54, 1.807) is 0 Å². The predicted molar refractivity (Wildman–Crippen MR) is 73.4 cm³/mol. The van der Waals surface area contributed by atoms with Crippen LogP contribution in [0.2, 0.25) is 0 Å². The maximum Gasteiger partial charge on any atom is 0.127 e. The van der Waals surface area contributed by atoms with E-state index in [-0.39, 0.29) is 0 Å². The maximum atomic E-state index is 5.82. The molecule has 0 spiro atoms. The lowest BCUT2D eigenvalue weighted by atomic mass is 10.1. The van der Waals surface area contributed by atoms with Gasteiger partial charge in [0.25, 0.3) is 0 Å². The minimum atomic E-state index is 0.789. The molecule has 0 unspecified atom stereocenters. The standard InChI is InChI=1S/C15H19NO/c1-2-3-4-10-17-15-7-5-6-12-11-13(16)8-9-14(12)15/h5-9,11H,2-4,10,16H2,1H3. The molecule has 0 aliphatic carbocycles. The zero-order chi connectivity index (χ0) is 12.1. The Morgan fingerprint density at radius 2 is 2.00 bits per heavy atom. The lowest BCUT2D eigenvalue weighted by Gasteiger charge is -2.09. The van der Waals surface area contributed by atoms with Crippen molar-refractivity contribution in [2.45, 2.75) is 26.2 Å². The van der Waals surface area contributed by atoms with Gasteiger partial charge in [-0.05, 0) is 36.1 Å². The van der Waals surface area contributed by atoms with Crippen LogP contribution in [0.1, 0.15) is 26.2 Å². The number of ether oxygens (including phenoxy) is 1. The fourth-order valence-electron chi connectivity index (χ4n) is 1.93. The highest BCUT2D eigenvalue weighted by atomic mass is 16.5. The quantitative estimate of drug-likeness (QED) is 0.621. The van der Waals surface area contributed by atoms with Gasteiger partial charge in [-0.15, -0.1) is 0 Å². The van der Waals surface area contributed by atoms with Crippen LogP contribution >= 0.6 is 0 Å². The van der Waals surface area contributed by atoms with Crippen molar-refractivity contribution in [3.8, 4) is 5.75 Å². The van der Waals surface area contributed by atoms with Crippen LogP contribution in [-0.4, -0.2) is 6.61 Å². The summed E-state index contributed by atoms with van der Waals surface area (Å²) in [5, 5.41) is 2.27. The average Bonchev–Trinajstić information content (AvgIpc) is 2.34. The number of hydrogen-bond donors (Lipinski definition) is 1. The molecule has 0 saturated carbocycles. The van der Waals surface area contributed by atoms with Gasteiger partial charge < -0.3 is 10.5 Å². The molecular formula is C15H19NO. The van der Waals surface area contributed by atoms with Crippen LogP contribution in [0.4, 0.5) is 5.69 Å². The van der Waals surface area contributed by atoms with Crippen LogP contribution in [0.5, 0.6) is 5.75 Å². The van der Waals surface area contributed by atoms with Gasteiger partial charge in [0, 0.05) is 11.1 Å². The van der Waals surface area contributed by atoms with E-state index in [4.69, 9.17) is 10.5 Å². The first-order chi connectivity index (χ1) is 8.31. The number of rotatable bonds is 5. The molecule has 90 valence electrons. The molecule has 0 saturated heterocycles. The number of anilines is 1. The van der Waals surface area contributed by atoms with Crippen molar-refractivity contribution in [1.29, 1.82) is 0 Å². The highest BCUT2D eigenvalue weighted by Gasteiger charge is 2.01. The maximum absolute atomic E-state index is 5.82. The van der Waals surface area contributed by atoms with Crippen molar-refractivity contribution in [3.63, 3.8) is 0 Å². The smallest absolute Gasteiger partial charge is 0.127 e. The van der Waals surface area contributed by atoms with E-state index in [2.05, 4.69) is 13.0 Å². The molecule has 0 radical (unpaired) electrons. The van der Waals surface area contributed by atoms with Crippen LogP contribution in [0.15, 0.2) is 36.4 Å². The van der Waals surface area contributed by atoms with E-state index >= 15 is 0 Å². The Kier molecular flexibility index (Phi) is 3.86. The third kappa shape index (κ3) is 2.90. The zero-order valence-corrected chi connectivity index (χ0v) is 10.3. The summed E-state index contributed by atoms with van der Waals surface area (Å²) in [5.74, 6) is 0.957. The van der Waals surface area contributed by atoms with Gasteiger partial charge in [0.2, 0.25) is 0 Å². The second-order valence-electron chi connectivity index (χ2n) is 4.29. The fraction of sp³-hybridized carbons (Fsp3) is 0.333. The van der Waals surface area contributed by atoms with Crippen molar-refractivity contribution >= 4 is 16.5 Å². The van der Waals surface area contributed by atoms with Crippen LogP contribution in [-0.2, 0) is 0 Å². The van der Waals surface area contributed by atoms with Gasteiger partial charge >= 0.3 is 0 Å². The number of nitrogen functional groups attached to an aromatic ring is 1. The number of unbranched alkanes of at least 4 members (excludes halogenated alkanes) is 2. The average molecular weight is 229 g/mol. The SMILES string of the molecule is CCCCCOc1cccc2cc(N)ccc12. The highest BCUT2D eigenvalue weighted by molar-refractivity contribution is 5.90. The van der Waals surface area contributed by atoms with E-state index in [1.165, 1.54) is 12.8 Å². The van der Waals surface area contributed by atoms with E-state index in [0.29, 0.717) is 0 Å². The third-order valence-electron chi connectivity index (χ3n) is 2.87. The highest BCUT2D eigenvalue weighted by Crippen LogP contribution is 2.27. The summed E-state index contributed by atoms with van der Waals surface area (Å²) >= 11 is 0. The summed E-state index contributed by atoms with van der Waals surface area (Å²) in [6, 6.07) is 12.0. The number of nitrogens with two attached hydrogens (primary N) is 1. The third-order valence-corrected chi connectivity index (χ3v) is 2.87. The van der Waals surface area contributed by atoms with E-state index in [9.17, 15) is 0 Å². The molecule has 0 amide bonds. The van der Waals surface area contributed by atoms with Crippen LogP contribution in [0, 0.1) is 0 Å². The second-order valence-corrected chi connectivity index (χ2v) is 4.29. The molecular weight excluding hydrogens is 210 g/mol. The van der Waals surface area contributed by atoms with Gasteiger partial charge in [0.05, 0.1) is 6.61 Å². The number of benzene rings is 2. The summed E-state index contributed by atoms with van der Waals surface area (Å²) in [5.41, 5.74) is 6.57. The fourth-order valence-corrected chi connectivity index (χ4v) is 1.93. The van der Waals surface area contributed by atoms with Crippen molar-refractivity contribution in [3.05, 3.63) is 36.4 Å². The Labute approximate surface area is 102 Å². The van der Waals surface area contributed by atoms with Crippen LogP contribution < -0.4 is 10.5 Å². The van der Waals surface area contributed by atoms with Gasteiger partial charge in [-0.1, -0.05) is 31.9 Å². The first kappa shape index (κ1) is 11.8. The molecule has 0 heterocycles. The number of hydrogen-bond acceptors (Lipinski definition) is 2. The Balaban J connectivity index is 2.16. The second kappa shape index (κ2) is 5.58. The first-order valence-electron chi connectivity index (χ1n) is 6.22. The van der Waals surface area contributed by atoms with Crippen molar-refractivity contribution in [2.24, 2.45) is 0 Å². The van der Waals surface area contributed by atoms with E-state index in [0.717, 1.165) is 35.2 Å². The molecule has 2 aromatic carbocycles. The van der Waals surface area contributed by atoms with Crippen molar-refractivity contribution in [1.82, 2.24) is 0 Å². The molecule has 0 atom stereocenters. The summed E-state index contributed by atoms with van der Waals surface area (Å²) < 4.78 is 5.82.